The van der Waals surface area contributed by atoms with Gasteiger partial charge in [-0.15, -0.1) is 0 Å². The van der Waals surface area contributed by atoms with Gasteiger partial charge in [-0.1, -0.05) is 30.3 Å². The van der Waals surface area contributed by atoms with Gasteiger partial charge in [0.1, 0.15) is 12.3 Å². The van der Waals surface area contributed by atoms with Crippen LogP contribution in [0.2, 0.25) is 0 Å². The van der Waals surface area contributed by atoms with E-state index in [2.05, 4.69) is 5.32 Å². The van der Waals surface area contributed by atoms with Crippen molar-refractivity contribution in [2.75, 3.05) is 25.5 Å². The number of carbonyl (C=O) groups excluding carboxylic acids is 1. The number of nitrogens with zero attached hydrogens (tertiary/aromatic N) is 1. The highest BCUT2D eigenvalue weighted by Crippen LogP contribution is 2.28. The molecule has 0 saturated heterocycles. The van der Waals surface area contributed by atoms with Crippen LogP contribution in [-0.4, -0.2) is 31.0 Å². The van der Waals surface area contributed by atoms with E-state index in [1.807, 2.05) is 37.3 Å². The van der Waals surface area contributed by atoms with Crippen LogP contribution in [0.5, 0.6) is 5.75 Å². The van der Waals surface area contributed by atoms with E-state index in [0.29, 0.717) is 11.4 Å². The highest BCUT2D eigenvalue weighted by Gasteiger charge is 2.17. The predicted octanol–water partition coefficient (Wildman–Crippen LogP) is 1.65. The van der Waals surface area contributed by atoms with Gasteiger partial charge in [-0.05, 0) is 13.0 Å². The molecule has 0 aliphatic carbocycles. The van der Waals surface area contributed by atoms with E-state index in [9.17, 15) is 14.9 Å². The van der Waals surface area contributed by atoms with Crippen LogP contribution in [-0.2, 0) is 11.3 Å². The third kappa shape index (κ3) is 5.29. The zero-order valence-electron chi connectivity index (χ0n) is 14.3. The summed E-state index contributed by atoms with van der Waals surface area (Å²) in [4.78, 5) is 23.9. The minimum atomic E-state index is -0.506. The van der Waals surface area contributed by atoms with Gasteiger partial charge in [-0.2, -0.15) is 0 Å². The minimum Gasteiger partial charge on any atom is -0.495 e. The van der Waals surface area contributed by atoms with Gasteiger partial charge in [0.05, 0.1) is 24.3 Å². The Morgan fingerprint density at radius 2 is 1.96 bits per heavy atom. The number of nitro groups is 1. The third-order valence-electron chi connectivity index (χ3n) is 3.88. The van der Waals surface area contributed by atoms with Gasteiger partial charge < -0.3 is 15.0 Å². The van der Waals surface area contributed by atoms with Crippen molar-refractivity contribution in [3.8, 4) is 5.75 Å². The molecule has 132 valence electrons. The van der Waals surface area contributed by atoms with Crippen LogP contribution in [0.15, 0.2) is 48.5 Å². The Labute approximate surface area is 146 Å². The van der Waals surface area contributed by atoms with Crippen LogP contribution in [0.25, 0.3) is 0 Å². The maximum atomic E-state index is 12.4. The molecule has 0 aliphatic rings. The summed E-state index contributed by atoms with van der Waals surface area (Å²) >= 11 is 0. The molecule has 7 heteroatoms. The normalized spacial score (nSPS) is 11.6. The number of non-ortho nitro benzene ring substituents is 1. The fourth-order valence-electron chi connectivity index (χ4n) is 2.53. The maximum Gasteiger partial charge on any atom is 0.279 e. The average Bonchev–Trinajstić information content (AvgIpc) is 2.61. The molecule has 0 aromatic heterocycles. The highest BCUT2D eigenvalue weighted by atomic mass is 16.6. The lowest BCUT2D eigenvalue weighted by Gasteiger charge is -2.18. The number of benzene rings is 2. The summed E-state index contributed by atoms with van der Waals surface area (Å²) in [5.74, 6) is 0.173. The van der Waals surface area contributed by atoms with E-state index in [-0.39, 0.29) is 18.1 Å². The molecule has 0 heterocycles. The molecule has 2 N–H and O–H groups in total. The number of carbonyl (C=O) groups is 1. The molecule has 0 saturated carbocycles. The summed E-state index contributed by atoms with van der Waals surface area (Å²) in [6, 6.07) is 14.1. The number of nitrogens with one attached hydrogen (secondary N) is 2. The Bertz CT molecular complexity index is 734. The van der Waals surface area contributed by atoms with Crippen LogP contribution in [0, 0.1) is 10.1 Å². The molecule has 0 spiro atoms. The van der Waals surface area contributed by atoms with Crippen LogP contribution in [0.3, 0.4) is 0 Å². The number of rotatable bonds is 8. The van der Waals surface area contributed by atoms with Crippen molar-refractivity contribution in [2.45, 2.75) is 13.5 Å². The average molecular weight is 344 g/mol. The molecule has 25 heavy (non-hydrogen) atoms. The molecule has 0 bridgehead atoms. The van der Waals surface area contributed by atoms with E-state index in [4.69, 9.17) is 4.74 Å². The third-order valence-corrected chi connectivity index (χ3v) is 3.88. The number of anilines is 1. The molecule has 0 aliphatic heterocycles. The summed E-state index contributed by atoms with van der Waals surface area (Å²) in [6.45, 7) is 3.79. The Morgan fingerprint density at radius 3 is 2.56 bits per heavy atom. The van der Waals surface area contributed by atoms with Crippen molar-refractivity contribution in [2.24, 2.45) is 0 Å². The van der Waals surface area contributed by atoms with Crippen molar-refractivity contribution in [3.63, 3.8) is 0 Å². The van der Waals surface area contributed by atoms with Gasteiger partial charge in [0.25, 0.3) is 11.6 Å². The molecule has 2 aromatic carbocycles. The van der Waals surface area contributed by atoms with Gasteiger partial charge in [0.2, 0.25) is 0 Å². The maximum absolute atomic E-state index is 12.4. The zero-order valence-corrected chi connectivity index (χ0v) is 14.3. The smallest absolute Gasteiger partial charge is 0.279 e. The summed E-state index contributed by atoms with van der Waals surface area (Å²) in [5.41, 5.74) is 1.36. The lowest BCUT2D eigenvalue weighted by molar-refractivity contribution is -0.903. The number of nitro benzene ring substituents is 1. The topological polar surface area (TPSA) is 85.9 Å². The highest BCUT2D eigenvalue weighted by molar-refractivity contribution is 5.93. The Balaban J connectivity index is 2.05. The molecule has 1 atom stereocenters. The number of quaternary nitrogens is 1. The van der Waals surface area contributed by atoms with E-state index in [1.54, 1.807) is 0 Å². The standard InChI is InChI=1S/C18H21N3O4/c1-3-20(12-14-7-5-4-6-8-14)13-18(22)19-16-11-15(21(23)24)9-10-17(16)25-2/h4-11H,3,12-13H2,1-2H3,(H,19,22)/p+1. The molecule has 2 aromatic rings. The number of methoxy groups -OCH3 is 1. The van der Waals surface area contributed by atoms with Gasteiger partial charge >= 0.3 is 0 Å². The largest absolute Gasteiger partial charge is 0.495 e. The summed E-state index contributed by atoms with van der Waals surface area (Å²) in [7, 11) is 1.45. The molecular formula is C18H22N3O4+. The molecule has 1 amide bonds. The van der Waals surface area contributed by atoms with Crippen LogP contribution >= 0.6 is 0 Å². The van der Waals surface area contributed by atoms with Gasteiger partial charge in [0, 0.05) is 17.7 Å². The second kappa shape index (κ2) is 8.79. The Kier molecular flexibility index (Phi) is 6.47. The molecular weight excluding hydrogens is 322 g/mol. The first-order valence-electron chi connectivity index (χ1n) is 8.03. The first kappa shape index (κ1) is 18.4. The zero-order chi connectivity index (χ0) is 18.2. The van der Waals surface area contributed by atoms with Crippen LogP contribution in [0.1, 0.15) is 12.5 Å². The first-order valence-corrected chi connectivity index (χ1v) is 8.03. The Hall–Kier alpha value is -2.93. The van der Waals surface area contributed by atoms with Gasteiger partial charge in [0.15, 0.2) is 6.54 Å². The van der Waals surface area contributed by atoms with Crippen molar-refractivity contribution >= 4 is 17.3 Å². The molecule has 2 rings (SSSR count). The lowest BCUT2D eigenvalue weighted by atomic mass is 10.2. The van der Waals surface area contributed by atoms with Crippen LogP contribution < -0.4 is 15.0 Å². The van der Waals surface area contributed by atoms with Gasteiger partial charge in [-0.3, -0.25) is 14.9 Å². The molecule has 0 radical (unpaired) electrons. The Morgan fingerprint density at radius 1 is 1.24 bits per heavy atom. The fourth-order valence-corrected chi connectivity index (χ4v) is 2.53. The molecule has 1 unspecified atom stereocenters. The summed E-state index contributed by atoms with van der Waals surface area (Å²) in [6.07, 6.45) is 0. The number of ether oxygens (including phenoxy) is 1. The van der Waals surface area contributed by atoms with Crippen LogP contribution in [0.4, 0.5) is 11.4 Å². The minimum absolute atomic E-state index is 0.0971. The van der Waals surface area contributed by atoms with E-state index >= 15 is 0 Å². The SMILES string of the molecule is CC[NH+](CC(=O)Nc1cc([N+](=O)[O-])ccc1OC)Cc1ccccc1. The second-order valence-corrected chi connectivity index (χ2v) is 5.63. The van der Waals surface area contributed by atoms with Crippen molar-refractivity contribution in [1.29, 1.82) is 0 Å². The van der Waals surface area contributed by atoms with Crippen molar-refractivity contribution in [3.05, 3.63) is 64.2 Å². The lowest BCUT2D eigenvalue weighted by Crippen LogP contribution is -3.11. The molecule has 0 fully saturated rings. The summed E-state index contributed by atoms with van der Waals surface area (Å²) < 4.78 is 5.16. The second-order valence-electron chi connectivity index (χ2n) is 5.63. The predicted molar refractivity (Wildman–Crippen MR) is 94.8 cm³/mol. The molecule has 7 nitrogen and oxygen atoms in total. The number of hydrogen-bond donors (Lipinski definition) is 2. The monoisotopic (exact) mass is 344 g/mol. The number of hydrogen-bond acceptors (Lipinski definition) is 4. The van der Waals surface area contributed by atoms with E-state index < -0.39 is 4.92 Å². The van der Waals surface area contributed by atoms with E-state index in [1.165, 1.54) is 25.3 Å². The first-order chi connectivity index (χ1) is 12.0. The van der Waals surface area contributed by atoms with Crippen molar-refractivity contribution < 1.29 is 19.4 Å². The van der Waals surface area contributed by atoms with Gasteiger partial charge in [-0.25, -0.2) is 0 Å². The van der Waals surface area contributed by atoms with E-state index in [0.717, 1.165) is 23.6 Å². The summed E-state index contributed by atoms with van der Waals surface area (Å²) in [5, 5.41) is 13.6. The quantitative estimate of drug-likeness (QED) is 0.563. The number of likely N-dealkylation sites (N-methyl/N-ethyl adjacent to an activating group) is 1. The van der Waals surface area contributed by atoms with Crippen molar-refractivity contribution in [1.82, 2.24) is 0 Å². The number of amides is 1. The fraction of sp³-hybridized carbons (Fsp3) is 0.278.